The molecule has 0 saturated carbocycles. The number of rotatable bonds is 6. The van der Waals surface area contributed by atoms with Gasteiger partial charge in [0.05, 0.1) is 11.8 Å². The van der Waals surface area contributed by atoms with Crippen LogP contribution in [-0.2, 0) is 11.8 Å². The van der Waals surface area contributed by atoms with Crippen LogP contribution in [0.3, 0.4) is 0 Å². The second-order valence-electron chi connectivity index (χ2n) is 8.27. The lowest BCUT2D eigenvalue weighted by Crippen LogP contribution is -2.40. The Hall–Kier alpha value is -3.02. The Labute approximate surface area is 176 Å². The summed E-state index contributed by atoms with van der Waals surface area (Å²) in [7, 11) is 1.80. The summed E-state index contributed by atoms with van der Waals surface area (Å²) in [6.07, 6.45) is 9.31. The monoisotopic (exact) mass is 405 g/mol. The zero-order valence-electron chi connectivity index (χ0n) is 17.3. The van der Waals surface area contributed by atoms with Gasteiger partial charge in [-0.1, -0.05) is 35.9 Å². The van der Waals surface area contributed by atoms with Crippen LogP contribution in [0.25, 0.3) is 6.08 Å². The minimum absolute atomic E-state index is 0.0308. The van der Waals surface area contributed by atoms with Crippen molar-refractivity contribution in [2.24, 2.45) is 13.0 Å². The van der Waals surface area contributed by atoms with E-state index in [0.717, 1.165) is 29.5 Å². The number of carbonyl (C=O) groups is 3. The number of hydrogen-bond donors (Lipinski definition) is 0. The minimum Gasteiger partial charge on any atom is -0.343 e. The second kappa shape index (κ2) is 8.78. The van der Waals surface area contributed by atoms with Gasteiger partial charge < -0.3 is 4.90 Å². The molecule has 1 fully saturated rings. The predicted molar refractivity (Wildman–Crippen MR) is 114 cm³/mol. The lowest BCUT2D eigenvalue weighted by atomic mass is 9.88. The maximum Gasteiger partial charge on any atom is 0.222 e. The first-order chi connectivity index (χ1) is 14.5. The van der Waals surface area contributed by atoms with Gasteiger partial charge in [0.15, 0.2) is 11.6 Å². The van der Waals surface area contributed by atoms with Crippen LogP contribution >= 0.6 is 0 Å². The average Bonchev–Trinajstić information content (AvgIpc) is 3.19. The molecular formula is C24H27N3O3. The van der Waals surface area contributed by atoms with Crippen molar-refractivity contribution in [2.75, 3.05) is 13.1 Å². The van der Waals surface area contributed by atoms with Gasteiger partial charge in [0.25, 0.3) is 0 Å². The van der Waals surface area contributed by atoms with Crippen LogP contribution in [0.15, 0.2) is 42.2 Å². The number of piperidine rings is 1. The highest BCUT2D eigenvalue weighted by Gasteiger charge is 2.28. The first kappa shape index (κ1) is 20.3. The molecule has 4 rings (SSSR count). The molecule has 1 amide bonds. The van der Waals surface area contributed by atoms with Gasteiger partial charge in [-0.25, -0.2) is 0 Å². The van der Waals surface area contributed by atoms with Gasteiger partial charge >= 0.3 is 0 Å². The fourth-order valence-corrected chi connectivity index (χ4v) is 4.41. The molecule has 1 aliphatic heterocycles. The van der Waals surface area contributed by atoms with E-state index in [0.29, 0.717) is 44.3 Å². The number of hydrogen-bond acceptors (Lipinski definition) is 4. The number of likely N-dealkylation sites (tertiary alicyclic amines) is 1. The van der Waals surface area contributed by atoms with Crippen molar-refractivity contribution in [1.29, 1.82) is 0 Å². The molecule has 30 heavy (non-hydrogen) atoms. The lowest BCUT2D eigenvalue weighted by molar-refractivity contribution is -0.132. The van der Waals surface area contributed by atoms with Gasteiger partial charge in [-0.3, -0.25) is 19.1 Å². The maximum atomic E-state index is 12.6. The summed E-state index contributed by atoms with van der Waals surface area (Å²) in [4.78, 5) is 39.3. The van der Waals surface area contributed by atoms with Crippen LogP contribution in [0.2, 0.25) is 0 Å². The third-order valence-corrected chi connectivity index (χ3v) is 6.10. The van der Waals surface area contributed by atoms with Crippen molar-refractivity contribution in [3.63, 3.8) is 0 Å². The zero-order valence-corrected chi connectivity index (χ0v) is 17.3. The molecule has 0 atom stereocenters. The number of allylic oxidation sites excluding steroid dienone is 1. The van der Waals surface area contributed by atoms with Crippen molar-refractivity contribution in [3.8, 4) is 0 Å². The van der Waals surface area contributed by atoms with Crippen LogP contribution in [0.1, 0.15) is 64.8 Å². The first-order valence-electron chi connectivity index (χ1n) is 10.6. The highest BCUT2D eigenvalue weighted by molar-refractivity contribution is 6.03. The van der Waals surface area contributed by atoms with E-state index in [4.69, 9.17) is 0 Å². The molecule has 6 heteroatoms. The Balaban J connectivity index is 1.24. The van der Waals surface area contributed by atoms with E-state index in [1.165, 1.54) is 0 Å². The molecular weight excluding hydrogens is 378 g/mol. The largest absolute Gasteiger partial charge is 0.343 e. The number of ketones is 2. The molecule has 1 aromatic heterocycles. The van der Waals surface area contributed by atoms with E-state index in [1.807, 2.05) is 29.2 Å². The molecule has 0 radical (unpaired) electrons. The Kier molecular flexibility index (Phi) is 5.93. The standard InChI is InChI=1S/C24H27N3O3/c1-26-16-20(15-25-26)24(30)18-9-11-27(12-10-18)23(29)8-4-5-17-13-19-6-2-3-7-21(19)22(28)14-17/h2-3,6-7,13,15-16,18H,4-5,8-12,14H2,1H3. The Bertz CT molecular complexity index is 997. The third-order valence-electron chi connectivity index (χ3n) is 6.10. The summed E-state index contributed by atoms with van der Waals surface area (Å²) in [6, 6.07) is 7.67. The first-order valence-corrected chi connectivity index (χ1v) is 10.6. The quantitative estimate of drug-likeness (QED) is 0.687. The minimum atomic E-state index is -0.0308. The van der Waals surface area contributed by atoms with E-state index >= 15 is 0 Å². The van der Waals surface area contributed by atoms with Crippen molar-refractivity contribution in [2.45, 2.75) is 38.5 Å². The van der Waals surface area contributed by atoms with E-state index < -0.39 is 0 Å². The summed E-state index contributed by atoms with van der Waals surface area (Å²) in [5.74, 6) is 0.404. The second-order valence-corrected chi connectivity index (χ2v) is 8.27. The Morgan fingerprint density at radius 2 is 1.93 bits per heavy atom. The summed E-state index contributed by atoms with van der Waals surface area (Å²) >= 11 is 0. The SMILES string of the molecule is Cn1cc(C(=O)C2CCN(C(=O)CCCC3=Cc4ccccc4C(=O)C3)CC2)cn1. The fraction of sp³-hybridized carbons (Fsp3) is 0.417. The number of Topliss-reactive ketones (excluding diaryl/α,β-unsaturated/α-hetero) is 2. The number of amides is 1. The Morgan fingerprint density at radius 1 is 1.17 bits per heavy atom. The number of carbonyl (C=O) groups excluding carboxylic acids is 3. The van der Waals surface area contributed by atoms with E-state index in [-0.39, 0.29) is 23.4 Å². The van der Waals surface area contributed by atoms with Crippen molar-refractivity contribution in [1.82, 2.24) is 14.7 Å². The van der Waals surface area contributed by atoms with Crippen molar-refractivity contribution >= 4 is 23.5 Å². The van der Waals surface area contributed by atoms with Crippen molar-refractivity contribution < 1.29 is 14.4 Å². The fourth-order valence-electron chi connectivity index (χ4n) is 4.41. The zero-order chi connectivity index (χ0) is 21.1. The van der Waals surface area contributed by atoms with Gasteiger partial charge in [-0.2, -0.15) is 5.10 Å². The van der Waals surface area contributed by atoms with Crippen LogP contribution in [0.4, 0.5) is 0 Å². The molecule has 156 valence electrons. The molecule has 1 aromatic carbocycles. The Morgan fingerprint density at radius 3 is 2.67 bits per heavy atom. The molecule has 6 nitrogen and oxygen atoms in total. The van der Waals surface area contributed by atoms with Crippen LogP contribution in [0.5, 0.6) is 0 Å². The van der Waals surface area contributed by atoms with Gasteiger partial charge in [0, 0.05) is 50.7 Å². The highest BCUT2D eigenvalue weighted by Crippen LogP contribution is 2.27. The average molecular weight is 405 g/mol. The maximum absolute atomic E-state index is 12.6. The summed E-state index contributed by atoms with van der Waals surface area (Å²) < 4.78 is 1.64. The van der Waals surface area contributed by atoms with Crippen LogP contribution in [-0.4, -0.2) is 45.2 Å². The molecule has 2 heterocycles. The molecule has 0 unspecified atom stereocenters. The van der Waals surface area contributed by atoms with E-state index in [1.54, 1.807) is 24.1 Å². The van der Waals surface area contributed by atoms with Crippen LogP contribution < -0.4 is 0 Å². The number of aromatic nitrogens is 2. The topological polar surface area (TPSA) is 72.3 Å². The van der Waals surface area contributed by atoms with E-state index in [9.17, 15) is 14.4 Å². The molecule has 0 bridgehead atoms. The van der Waals surface area contributed by atoms with Gasteiger partial charge in [0.1, 0.15) is 0 Å². The van der Waals surface area contributed by atoms with Crippen LogP contribution in [0, 0.1) is 5.92 Å². The smallest absolute Gasteiger partial charge is 0.222 e. The lowest BCUT2D eigenvalue weighted by Gasteiger charge is -2.31. The van der Waals surface area contributed by atoms with Gasteiger partial charge in [-0.15, -0.1) is 0 Å². The summed E-state index contributed by atoms with van der Waals surface area (Å²) in [5.41, 5.74) is 3.53. The predicted octanol–water partition coefficient (Wildman–Crippen LogP) is 3.68. The molecule has 1 saturated heterocycles. The van der Waals surface area contributed by atoms with Gasteiger partial charge in [0.2, 0.25) is 5.91 Å². The number of aryl methyl sites for hydroxylation is 1. The molecule has 2 aliphatic rings. The highest BCUT2D eigenvalue weighted by atomic mass is 16.2. The molecule has 2 aromatic rings. The number of fused-ring (bicyclic) bond motifs is 1. The van der Waals surface area contributed by atoms with Gasteiger partial charge in [-0.05, 0) is 31.2 Å². The summed E-state index contributed by atoms with van der Waals surface area (Å²) in [6.45, 7) is 1.26. The molecule has 0 spiro atoms. The number of nitrogens with zero attached hydrogens (tertiary/aromatic N) is 3. The molecule has 1 aliphatic carbocycles. The molecule has 0 N–H and O–H groups in total. The number of benzene rings is 1. The summed E-state index contributed by atoms with van der Waals surface area (Å²) in [5, 5.41) is 4.07. The normalized spacial score (nSPS) is 16.9. The third kappa shape index (κ3) is 4.42. The van der Waals surface area contributed by atoms with E-state index in [2.05, 4.69) is 11.2 Å². The van der Waals surface area contributed by atoms with Crippen molar-refractivity contribution in [3.05, 3.63) is 58.9 Å².